The molecule has 3 rings (SSSR count). The van der Waals surface area contributed by atoms with Gasteiger partial charge < -0.3 is 9.88 Å². The zero-order valence-corrected chi connectivity index (χ0v) is 15.2. The maximum atomic E-state index is 12.9. The fourth-order valence-corrected chi connectivity index (χ4v) is 3.20. The third-order valence-electron chi connectivity index (χ3n) is 3.85. The molecule has 0 aliphatic carbocycles. The van der Waals surface area contributed by atoms with Gasteiger partial charge in [0.15, 0.2) is 11.0 Å². The second kappa shape index (κ2) is 8.62. The van der Waals surface area contributed by atoms with Crippen molar-refractivity contribution in [2.75, 3.05) is 12.3 Å². The molecule has 1 amide bonds. The number of hydrogen-bond donors (Lipinski definition) is 1. The van der Waals surface area contributed by atoms with Crippen molar-refractivity contribution in [2.45, 2.75) is 11.6 Å². The van der Waals surface area contributed by atoms with Gasteiger partial charge in [-0.2, -0.15) is 0 Å². The highest BCUT2D eigenvalue weighted by Crippen LogP contribution is 2.22. The summed E-state index contributed by atoms with van der Waals surface area (Å²) in [6.07, 6.45) is 0.665. The molecule has 1 aromatic heterocycles. The molecule has 0 spiro atoms. The zero-order valence-electron chi connectivity index (χ0n) is 14.4. The number of carbonyl (C=O) groups excluding carboxylic acids is 1. The molecule has 26 heavy (non-hydrogen) atoms. The summed E-state index contributed by atoms with van der Waals surface area (Å²) in [7, 11) is 1.89. The molecule has 1 N–H and O–H groups in total. The van der Waals surface area contributed by atoms with Crippen LogP contribution in [0.15, 0.2) is 59.8 Å². The van der Waals surface area contributed by atoms with Gasteiger partial charge in [0, 0.05) is 19.2 Å². The minimum Gasteiger partial charge on any atom is -0.355 e. The largest absolute Gasteiger partial charge is 0.355 e. The summed E-state index contributed by atoms with van der Waals surface area (Å²) >= 11 is 1.35. The molecule has 0 aliphatic heterocycles. The Bertz CT molecular complexity index is 865. The molecule has 0 saturated carbocycles. The van der Waals surface area contributed by atoms with Gasteiger partial charge in [-0.1, -0.05) is 54.2 Å². The Morgan fingerprint density at radius 1 is 1.12 bits per heavy atom. The monoisotopic (exact) mass is 370 g/mol. The molecule has 0 aliphatic rings. The number of nitrogens with one attached hydrogen (secondary N) is 1. The van der Waals surface area contributed by atoms with Crippen molar-refractivity contribution in [2.24, 2.45) is 7.05 Å². The van der Waals surface area contributed by atoms with Gasteiger partial charge in [0.2, 0.25) is 5.91 Å². The molecular formula is C19H19FN4OS. The lowest BCUT2D eigenvalue weighted by Crippen LogP contribution is -2.27. The molecule has 0 radical (unpaired) electrons. The molecule has 5 nitrogen and oxygen atoms in total. The predicted octanol–water partition coefficient (Wildman–Crippen LogP) is 3.07. The van der Waals surface area contributed by atoms with Crippen LogP contribution in [-0.4, -0.2) is 33.0 Å². The summed E-state index contributed by atoms with van der Waals surface area (Å²) in [4.78, 5) is 12.0. The fourth-order valence-electron chi connectivity index (χ4n) is 2.46. The summed E-state index contributed by atoms with van der Waals surface area (Å²) in [5.41, 5.74) is 1.97. The van der Waals surface area contributed by atoms with E-state index < -0.39 is 0 Å². The Labute approximate surface area is 155 Å². The highest BCUT2D eigenvalue weighted by Gasteiger charge is 2.12. The summed E-state index contributed by atoms with van der Waals surface area (Å²) in [6.45, 7) is 0.513. The van der Waals surface area contributed by atoms with Crippen LogP contribution >= 0.6 is 11.8 Å². The number of nitrogens with zero attached hydrogens (tertiary/aromatic N) is 3. The van der Waals surface area contributed by atoms with E-state index in [9.17, 15) is 9.18 Å². The standard InChI is InChI=1S/C19H19FN4OS/c1-24-18(15-5-3-2-4-6-15)22-23-19(24)26-13-17(25)21-12-11-14-7-9-16(20)10-8-14/h2-10H,11-13H2,1H3,(H,21,25). The van der Waals surface area contributed by atoms with Crippen LogP contribution in [0.25, 0.3) is 11.4 Å². The highest BCUT2D eigenvalue weighted by atomic mass is 32.2. The Morgan fingerprint density at radius 2 is 1.85 bits per heavy atom. The van der Waals surface area contributed by atoms with Gasteiger partial charge in [0.1, 0.15) is 5.82 Å². The minimum absolute atomic E-state index is 0.0682. The molecule has 2 aromatic carbocycles. The Hall–Kier alpha value is -2.67. The van der Waals surface area contributed by atoms with Crippen molar-refractivity contribution >= 4 is 17.7 Å². The van der Waals surface area contributed by atoms with E-state index in [4.69, 9.17) is 0 Å². The minimum atomic E-state index is -0.257. The lowest BCUT2D eigenvalue weighted by atomic mass is 10.1. The van der Waals surface area contributed by atoms with Crippen LogP contribution < -0.4 is 5.32 Å². The van der Waals surface area contributed by atoms with E-state index in [1.165, 1.54) is 23.9 Å². The van der Waals surface area contributed by atoms with Crippen LogP contribution in [-0.2, 0) is 18.3 Å². The number of thioether (sulfide) groups is 1. The average molecular weight is 370 g/mol. The van der Waals surface area contributed by atoms with E-state index in [0.29, 0.717) is 18.1 Å². The normalized spacial score (nSPS) is 10.7. The molecule has 0 bridgehead atoms. The number of amides is 1. The van der Waals surface area contributed by atoms with Crippen molar-refractivity contribution in [3.8, 4) is 11.4 Å². The van der Waals surface area contributed by atoms with Gasteiger partial charge >= 0.3 is 0 Å². The lowest BCUT2D eigenvalue weighted by molar-refractivity contribution is -0.118. The van der Waals surface area contributed by atoms with Gasteiger partial charge in [-0.25, -0.2) is 4.39 Å². The Balaban J connectivity index is 1.47. The van der Waals surface area contributed by atoms with Gasteiger partial charge in [0.25, 0.3) is 0 Å². The van der Waals surface area contributed by atoms with E-state index in [1.54, 1.807) is 12.1 Å². The molecule has 1 heterocycles. The van der Waals surface area contributed by atoms with Gasteiger partial charge in [-0.05, 0) is 24.1 Å². The van der Waals surface area contributed by atoms with Crippen molar-refractivity contribution in [1.82, 2.24) is 20.1 Å². The third kappa shape index (κ3) is 4.70. The van der Waals surface area contributed by atoms with Crippen molar-refractivity contribution < 1.29 is 9.18 Å². The van der Waals surface area contributed by atoms with Crippen molar-refractivity contribution in [1.29, 1.82) is 0 Å². The number of halogens is 1. The second-order valence-electron chi connectivity index (χ2n) is 5.75. The first-order valence-corrected chi connectivity index (χ1v) is 9.21. The van der Waals surface area contributed by atoms with Crippen LogP contribution in [0.2, 0.25) is 0 Å². The maximum Gasteiger partial charge on any atom is 0.230 e. The quantitative estimate of drug-likeness (QED) is 0.650. The van der Waals surface area contributed by atoms with Gasteiger partial charge in [-0.15, -0.1) is 10.2 Å². The van der Waals surface area contributed by atoms with Gasteiger partial charge in [0.05, 0.1) is 5.75 Å². The molecule has 0 saturated heterocycles. The van der Waals surface area contributed by atoms with Crippen LogP contribution in [0.4, 0.5) is 4.39 Å². The molecule has 0 atom stereocenters. The summed E-state index contributed by atoms with van der Waals surface area (Å²) in [6, 6.07) is 16.1. The second-order valence-corrected chi connectivity index (χ2v) is 6.69. The summed E-state index contributed by atoms with van der Waals surface area (Å²) in [5, 5.41) is 11.9. The fraction of sp³-hybridized carbons (Fsp3) is 0.211. The number of aromatic nitrogens is 3. The first kappa shape index (κ1) is 18.1. The molecule has 7 heteroatoms. The van der Waals surface area contributed by atoms with Crippen LogP contribution in [0.1, 0.15) is 5.56 Å². The van der Waals surface area contributed by atoms with E-state index in [-0.39, 0.29) is 17.5 Å². The molecule has 3 aromatic rings. The van der Waals surface area contributed by atoms with Crippen molar-refractivity contribution in [3.63, 3.8) is 0 Å². The molecule has 0 fully saturated rings. The maximum absolute atomic E-state index is 12.9. The molecule has 0 unspecified atom stereocenters. The average Bonchev–Trinajstić information content (AvgIpc) is 3.03. The van der Waals surface area contributed by atoms with E-state index in [1.807, 2.05) is 41.9 Å². The van der Waals surface area contributed by atoms with E-state index in [2.05, 4.69) is 15.5 Å². The number of rotatable bonds is 7. The van der Waals surface area contributed by atoms with E-state index in [0.717, 1.165) is 17.0 Å². The molecule has 134 valence electrons. The summed E-state index contributed by atoms with van der Waals surface area (Å²) < 4.78 is 14.7. The van der Waals surface area contributed by atoms with Crippen LogP contribution in [0.3, 0.4) is 0 Å². The first-order chi connectivity index (χ1) is 12.6. The zero-order chi connectivity index (χ0) is 18.4. The Morgan fingerprint density at radius 3 is 2.58 bits per heavy atom. The smallest absolute Gasteiger partial charge is 0.230 e. The van der Waals surface area contributed by atoms with Crippen molar-refractivity contribution in [3.05, 3.63) is 66.0 Å². The Kier molecular flexibility index (Phi) is 6.01. The lowest BCUT2D eigenvalue weighted by Gasteiger charge is -2.06. The SMILES string of the molecule is Cn1c(SCC(=O)NCCc2ccc(F)cc2)nnc1-c1ccccc1. The highest BCUT2D eigenvalue weighted by molar-refractivity contribution is 7.99. The summed E-state index contributed by atoms with van der Waals surface area (Å²) in [5.74, 6) is 0.711. The number of benzene rings is 2. The number of carbonyl (C=O) groups is 1. The first-order valence-electron chi connectivity index (χ1n) is 8.22. The predicted molar refractivity (Wildman–Crippen MR) is 100 cm³/mol. The van der Waals surface area contributed by atoms with Crippen LogP contribution in [0, 0.1) is 5.82 Å². The van der Waals surface area contributed by atoms with Gasteiger partial charge in [-0.3, -0.25) is 4.79 Å². The van der Waals surface area contributed by atoms with E-state index >= 15 is 0 Å². The molecular weight excluding hydrogens is 351 g/mol. The topological polar surface area (TPSA) is 59.8 Å². The number of hydrogen-bond acceptors (Lipinski definition) is 4. The van der Waals surface area contributed by atoms with Crippen LogP contribution in [0.5, 0.6) is 0 Å². The third-order valence-corrected chi connectivity index (χ3v) is 4.87.